The molecule has 10 heteroatoms. The van der Waals surface area contributed by atoms with Gasteiger partial charge < -0.3 is 9.47 Å². The van der Waals surface area contributed by atoms with Gasteiger partial charge in [0.25, 0.3) is 5.69 Å². The number of nitro groups is 1. The second-order valence-electron chi connectivity index (χ2n) is 6.87. The molecule has 0 unspecified atom stereocenters. The number of esters is 1. The van der Waals surface area contributed by atoms with E-state index in [4.69, 9.17) is 9.47 Å². The van der Waals surface area contributed by atoms with Crippen molar-refractivity contribution >= 4 is 68.8 Å². The highest BCUT2D eigenvalue weighted by atomic mass is 127. The van der Waals surface area contributed by atoms with Gasteiger partial charge in [-0.15, -0.1) is 0 Å². The van der Waals surface area contributed by atoms with Crippen LogP contribution >= 0.6 is 45.2 Å². The van der Waals surface area contributed by atoms with Crippen LogP contribution in [-0.2, 0) is 16.1 Å². The molecule has 0 saturated heterocycles. The average Bonchev–Trinajstić information content (AvgIpc) is 3.13. The van der Waals surface area contributed by atoms with Gasteiger partial charge in [-0.3, -0.25) is 10.1 Å². The molecule has 0 aromatic heterocycles. The van der Waals surface area contributed by atoms with Gasteiger partial charge in [-0.25, -0.2) is 14.2 Å². The summed E-state index contributed by atoms with van der Waals surface area (Å²) < 4.78 is 26.2. The maximum Gasteiger partial charge on any atom is 0.363 e. The third-order valence-corrected chi connectivity index (χ3v) is 6.15. The molecular formula is C23H13FI2N2O5. The SMILES string of the molecule is O=C1OC(c2cccc(F)c2)=N/C1=C\c1cc(I)c(OCc2ccc([N+](=O)[O-])cc2)c(I)c1. The smallest absolute Gasteiger partial charge is 0.363 e. The zero-order valence-electron chi connectivity index (χ0n) is 16.6. The van der Waals surface area contributed by atoms with Gasteiger partial charge in [0.05, 0.1) is 12.1 Å². The lowest BCUT2D eigenvalue weighted by molar-refractivity contribution is -0.384. The number of hydrogen-bond donors (Lipinski definition) is 0. The second kappa shape index (κ2) is 9.95. The Kier molecular flexibility index (Phi) is 7.02. The van der Waals surface area contributed by atoms with Gasteiger partial charge in [-0.1, -0.05) is 6.07 Å². The lowest BCUT2D eigenvalue weighted by Gasteiger charge is -2.11. The Labute approximate surface area is 214 Å². The zero-order valence-corrected chi connectivity index (χ0v) is 20.9. The fourth-order valence-electron chi connectivity index (χ4n) is 2.98. The predicted molar refractivity (Wildman–Crippen MR) is 136 cm³/mol. The summed E-state index contributed by atoms with van der Waals surface area (Å²) in [6, 6.07) is 15.5. The Bertz CT molecular complexity index is 1300. The highest BCUT2D eigenvalue weighted by molar-refractivity contribution is 14.1. The summed E-state index contributed by atoms with van der Waals surface area (Å²) >= 11 is 4.27. The van der Waals surface area contributed by atoms with Crippen LogP contribution in [0.3, 0.4) is 0 Å². The topological polar surface area (TPSA) is 91.0 Å². The van der Waals surface area contributed by atoms with E-state index in [0.717, 1.165) is 18.3 Å². The molecule has 3 aromatic carbocycles. The Morgan fingerprint density at radius 1 is 1.09 bits per heavy atom. The number of hydrogen-bond acceptors (Lipinski definition) is 6. The van der Waals surface area contributed by atoms with Crippen molar-refractivity contribution < 1.29 is 23.6 Å². The standard InChI is InChI=1S/C23H13FI2N2O5/c24-16-3-1-2-15(11-16)22-27-20(23(29)33-22)10-14-8-18(25)21(19(26)9-14)32-12-13-4-6-17(7-5-13)28(30)31/h1-11H,12H2/b20-10-. The van der Waals surface area contributed by atoms with Crippen molar-refractivity contribution in [3.8, 4) is 5.75 Å². The number of ether oxygens (including phenoxy) is 2. The molecule has 0 atom stereocenters. The first-order valence-electron chi connectivity index (χ1n) is 9.44. The quantitative estimate of drug-likeness (QED) is 0.108. The van der Waals surface area contributed by atoms with Gasteiger partial charge in [-0.2, -0.15) is 0 Å². The van der Waals surface area contributed by atoms with Gasteiger partial charge in [0.15, 0.2) is 5.70 Å². The van der Waals surface area contributed by atoms with Crippen LogP contribution in [0.15, 0.2) is 71.4 Å². The van der Waals surface area contributed by atoms with Crippen molar-refractivity contribution in [2.75, 3.05) is 0 Å². The van der Waals surface area contributed by atoms with Crippen molar-refractivity contribution in [2.45, 2.75) is 6.61 Å². The van der Waals surface area contributed by atoms with Crippen LogP contribution in [0, 0.1) is 23.1 Å². The van der Waals surface area contributed by atoms with E-state index in [1.54, 1.807) is 24.3 Å². The summed E-state index contributed by atoms with van der Waals surface area (Å²) in [4.78, 5) is 26.8. The molecular weight excluding hydrogens is 657 g/mol. The van der Waals surface area contributed by atoms with E-state index in [0.29, 0.717) is 11.3 Å². The normalized spacial score (nSPS) is 14.2. The minimum Gasteiger partial charge on any atom is -0.487 e. The number of benzene rings is 3. The number of aliphatic imine (C=N–C) groups is 1. The molecule has 0 fully saturated rings. The van der Waals surface area contributed by atoms with Gasteiger partial charge in [0, 0.05) is 17.7 Å². The van der Waals surface area contributed by atoms with Crippen LogP contribution in [-0.4, -0.2) is 16.8 Å². The largest absolute Gasteiger partial charge is 0.487 e. The van der Waals surface area contributed by atoms with Crippen LogP contribution in [0.4, 0.5) is 10.1 Å². The number of carbonyl (C=O) groups excluding carboxylic acids is 1. The van der Waals surface area contributed by atoms with Crippen molar-refractivity contribution in [3.63, 3.8) is 0 Å². The summed E-state index contributed by atoms with van der Waals surface area (Å²) in [5.41, 5.74) is 2.04. The number of halogens is 3. The van der Waals surface area contributed by atoms with E-state index in [-0.39, 0.29) is 23.9 Å². The van der Waals surface area contributed by atoms with Crippen molar-refractivity contribution in [3.05, 3.63) is 106 Å². The van der Waals surface area contributed by atoms with Crippen LogP contribution in [0.2, 0.25) is 0 Å². The number of nitro benzene ring substituents is 1. The maximum atomic E-state index is 13.5. The predicted octanol–water partition coefficient (Wildman–Crippen LogP) is 5.87. The number of nitrogens with zero attached hydrogens (tertiary/aromatic N) is 2. The Morgan fingerprint density at radius 2 is 1.79 bits per heavy atom. The number of cyclic esters (lactones) is 1. The molecule has 0 radical (unpaired) electrons. The third-order valence-electron chi connectivity index (χ3n) is 4.55. The molecule has 0 bridgehead atoms. The molecule has 0 N–H and O–H groups in total. The Hall–Kier alpha value is -2.87. The maximum absolute atomic E-state index is 13.5. The van der Waals surface area contributed by atoms with E-state index < -0.39 is 16.7 Å². The Morgan fingerprint density at radius 3 is 2.42 bits per heavy atom. The molecule has 1 heterocycles. The molecule has 1 aliphatic heterocycles. The fourth-order valence-corrected chi connectivity index (χ4v) is 5.11. The minimum absolute atomic E-state index is 0.0222. The molecule has 0 aliphatic carbocycles. The number of rotatable bonds is 6. The molecule has 1 aliphatic rings. The number of non-ortho nitro benzene ring substituents is 1. The van der Waals surface area contributed by atoms with E-state index >= 15 is 0 Å². The Balaban J connectivity index is 1.52. The molecule has 166 valence electrons. The van der Waals surface area contributed by atoms with Crippen LogP contribution in [0.5, 0.6) is 5.75 Å². The van der Waals surface area contributed by atoms with Crippen LogP contribution in [0.1, 0.15) is 16.7 Å². The zero-order chi connectivity index (χ0) is 23.5. The van der Waals surface area contributed by atoms with E-state index in [1.807, 2.05) is 12.1 Å². The van der Waals surface area contributed by atoms with Crippen molar-refractivity contribution in [1.82, 2.24) is 0 Å². The fraction of sp³-hybridized carbons (Fsp3) is 0.0435. The molecule has 0 saturated carbocycles. The average molecular weight is 670 g/mol. The summed E-state index contributed by atoms with van der Waals surface area (Å²) in [5, 5.41) is 10.8. The highest BCUT2D eigenvalue weighted by Crippen LogP contribution is 2.31. The van der Waals surface area contributed by atoms with E-state index in [1.165, 1.54) is 30.3 Å². The van der Waals surface area contributed by atoms with E-state index in [9.17, 15) is 19.3 Å². The highest BCUT2D eigenvalue weighted by Gasteiger charge is 2.24. The molecule has 7 nitrogen and oxygen atoms in total. The first-order valence-corrected chi connectivity index (χ1v) is 11.6. The summed E-state index contributed by atoms with van der Waals surface area (Å²) in [5.74, 6) is -0.345. The van der Waals surface area contributed by atoms with E-state index in [2.05, 4.69) is 50.2 Å². The van der Waals surface area contributed by atoms with Gasteiger partial charge in [-0.05, 0) is 105 Å². The first-order chi connectivity index (χ1) is 15.8. The number of carbonyl (C=O) groups is 1. The molecule has 0 amide bonds. The first kappa shape index (κ1) is 23.3. The van der Waals surface area contributed by atoms with Crippen LogP contribution < -0.4 is 4.74 Å². The van der Waals surface area contributed by atoms with Crippen molar-refractivity contribution in [1.29, 1.82) is 0 Å². The lowest BCUT2D eigenvalue weighted by atomic mass is 10.2. The molecule has 0 spiro atoms. The van der Waals surface area contributed by atoms with Gasteiger partial charge in [0.2, 0.25) is 5.90 Å². The minimum atomic E-state index is -0.613. The molecule has 33 heavy (non-hydrogen) atoms. The molecule has 4 rings (SSSR count). The van der Waals surface area contributed by atoms with Gasteiger partial charge in [0.1, 0.15) is 18.2 Å². The summed E-state index contributed by atoms with van der Waals surface area (Å²) in [7, 11) is 0. The second-order valence-corrected chi connectivity index (χ2v) is 9.20. The van der Waals surface area contributed by atoms with Crippen molar-refractivity contribution in [2.24, 2.45) is 4.99 Å². The third kappa shape index (κ3) is 5.55. The lowest BCUT2D eigenvalue weighted by Crippen LogP contribution is -2.05. The van der Waals surface area contributed by atoms with Gasteiger partial charge >= 0.3 is 5.97 Å². The molecule has 3 aromatic rings. The monoisotopic (exact) mass is 670 g/mol. The summed E-state index contributed by atoms with van der Waals surface area (Å²) in [6.07, 6.45) is 1.60. The summed E-state index contributed by atoms with van der Waals surface area (Å²) in [6.45, 7) is 0.248. The van der Waals surface area contributed by atoms with Crippen LogP contribution in [0.25, 0.3) is 6.08 Å².